The SMILES string of the molecule is O=C1NC(=O)C(CCCOCc2ccccc2)(c2ccccc2)C(=O)N1. The summed E-state index contributed by atoms with van der Waals surface area (Å²) in [4.78, 5) is 36.6. The van der Waals surface area contributed by atoms with Crippen LogP contribution in [0.1, 0.15) is 24.0 Å². The van der Waals surface area contributed by atoms with Crippen molar-refractivity contribution in [2.24, 2.45) is 0 Å². The average Bonchev–Trinajstić information content (AvgIpc) is 2.65. The van der Waals surface area contributed by atoms with E-state index in [-0.39, 0.29) is 6.42 Å². The minimum Gasteiger partial charge on any atom is -0.377 e. The van der Waals surface area contributed by atoms with Gasteiger partial charge in [-0.2, -0.15) is 0 Å². The normalized spacial score (nSPS) is 16.1. The Kier molecular flexibility index (Phi) is 5.43. The van der Waals surface area contributed by atoms with E-state index in [9.17, 15) is 14.4 Å². The molecule has 2 aromatic rings. The van der Waals surface area contributed by atoms with E-state index in [1.807, 2.05) is 36.4 Å². The molecule has 0 bridgehead atoms. The van der Waals surface area contributed by atoms with Crippen molar-refractivity contribution in [3.05, 3.63) is 71.8 Å². The first-order valence-electron chi connectivity index (χ1n) is 8.47. The summed E-state index contributed by atoms with van der Waals surface area (Å²) in [6.45, 7) is 0.869. The molecule has 1 fully saturated rings. The Hall–Kier alpha value is -2.99. The molecule has 0 unspecified atom stereocenters. The van der Waals surface area contributed by atoms with Crippen LogP contribution in [-0.4, -0.2) is 24.5 Å². The molecule has 6 nitrogen and oxygen atoms in total. The minimum atomic E-state index is -1.43. The predicted octanol–water partition coefficient (Wildman–Crippen LogP) is 2.29. The summed E-state index contributed by atoms with van der Waals surface area (Å²) >= 11 is 0. The van der Waals surface area contributed by atoms with Gasteiger partial charge < -0.3 is 4.74 Å². The molecule has 0 radical (unpaired) electrons. The largest absolute Gasteiger partial charge is 0.377 e. The lowest BCUT2D eigenvalue weighted by atomic mass is 9.74. The molecule has 0 atom stereocenters. The number of imide groups is 2. The van der Waals surface area contributed by atoms with Crippen LogP contribution in [0.2, 0.25) is 0 Å². The van der Waals surface area contributed by atoms with Crippen LogP contribution in [-0.2, 0) is 26.3 Å². The second-order valence-corrected chi connectivity index (χ2v) is 6.15. The molecule has 3 rings (SSSR count). The summed E-state index contributed by atoms with van der Waals surface area (Å²) in [6.07, 6.45) is 0.744. The third-order valence-electron chi connectivity index (χ3n) is 4.45. The molecule has 0 aromatic heterocycles. The van der Waals surface area contributed by atoms with Crippen LogP contribution >= 0.6 is 0 Å². The van der Waals surface area contributed by atoms with Gasteiger partial charge >= 0.3 is 6.03 Å². The smallest absolute Gasteiger partial charge is 0.328 e. The standard InChI is InChI=1S/C20H20N2O4/c23-17-20(16-10-5-2-6-11-16,18(24)22-19(25)21-17)12-7-13-26-14-15-8-3-1-4-9-15/h1-6,8-11H,7,12-14H2,(H2,21,22,23,24,25). The Bertz CT molecular complexity index is 770. The van der Waals surface area contributed by atoms with Gasteiger partial charge in [-0.3, -0.25) is 20.2 Å². The number of nitrogens with one attached hydrogen (secondary N) is 2. The number of urea groups is 1. The van der Waals surface area contributed by atoms with Crippen LogP contribution in [0.15, 0.2) is 60.7 Å². The molecule has 6 heteroatoms. The van der Waals surface area contributed by atoms with Crippen molar-refractivity contribution >= 4 is 17.8 Å². The van der Waals surface area contributed by atoms with Crippen LogP contribution in [0.4, 0.5) is 4.79 Å². The Morgan fingerprint density at radius 1 is 0.808 bits per heavy atom. The number of rotatable bonds is 7. The van der Waals surface area contributed by atoms with Crippen LogP contribution < -0.4 is 10.6 Å². The van der Waals surface area contributed by atoms with E-state index in [1.54, 1.807) is 24.3 Å². The molecule has 2 N–H and O–H groups in total. The zero-order valence-corrected chi connectivity index (χ0v) is 14.2. The number of ether oxygens (including phenoxy) is 1. The van der Waals surface area contributed by atoms with Gasteiger partial charge in [0.25, 0.3) is 0 Å². The van der Waals surface area contributed by atoms with Crippen molar-refractivity contribution in [3.8, 4) is 0 Å². The maximum atomic E-state index is 12.6. The molecule has 1 aliphatic heterocycles. The Labute approximate surface area is 151 Å². The monoisotopic (exact) mass is 352 g/mol. The zero-order valence-electron chi connectivity index (χ0n) is 14.2. The summed E-state index contributed by atoms with van der Waals surface area (Å²) in [7, 11) is 0. The predicted molar refractivity (Wildman–Crippen MR) is 95.1 cm³/mol. The molecule has 1 saturated heterocycles. The van der Waals surface area contributed by atoms with Crippen molar-refractivity contribution in [2.75, 3.05) is 6.61 Å². The van der Waals surface area contributed by atoms with Gasteiger partial charge in [0.1, 0.15) is 0 Å². The molecule has 26 heavy (non-hydrogen) atoms. The molecular formula is C20H20N2O4. The lowest BCUT2D eigenvalue weighted by molar-refractivity contribution is -0.139. The molecule has 0 aliphatic carbocycles. The summed E-state index contributed by atoms with van der Waals surface area (Å²) < 4.78 is 5.65. The summed E-state index contributed by atoms with van der Waals surface area (Å²) in [5.41, 5.74) is 0.195. The molecule has 0 saturated carbocycles. The van der Waals surface area contributed by atoms with Crippen molar-refractivity contribution in [3.63, 3.8) is 0 Å². The van der Waals surface area contributed by atoms with Gasteiger partial charge in [0, 0.05) is 6.61 Å². The number of barbiturate groups is 1. The molecule has 1 aliphatic rings. The number of hydrogen-bond acceptors (Lipinski definition) is 4. The Morgan fingerprint density at radius 3 is 2.00 bits per heavy atom. The van der Waals surface area contributed by atoms with E-state index in [4.69, 9.17) is 4.74 Å². The van der Waals surface area contributed by atoms with Gasteiger partial charge in [0.2, 0.25) is 11.8 Å². The Balaban J connectivity index is 1.68. The van der Waals surface area contributed by atoms with Crippen LogP contribution in [0, 0.1) is 0 Å². The third kappa shape index (κ3) is 3.65. The van der Waals surface area contributed by atoms with Crippen molar-refractivity contribution in [1.29, 1.82) is 0 Å². The van der Waals surface area contributed by atoms with Gasteiger partial charge in [-0.1, -0.05) is 60.7 Å². The number of benzene rings is 2. The van der Waals surface area contributed by atoms with Crippen LogP contribution in [0.25, 0.3) is 0 Å². The third-order valence-corrected chi connectivity index (χ3v) is 4.45. The van der Waals surface area contributed by atoms with E-state index in [0.29, 0.717) is 25.2 Å². The highest BCUT2D eigenvalue weighted by molar-refractivity contribution is 6.22. The van der Waals surface area contributed by atoms with E-state index < -0.39 is 23.3 Å². The fraction of sp³-hybridized carbons (Fsp3) is 0.250. The highest BCUT2D eigenvalue weighted by Gasteiger charge is 2.51. The lowest BCUT2D eigenvalue weighted by Crippen LogP contribution is -2.64. The first-order valence-corrected chi connectivity index (χ1v) is 8.47. The van der Waals surface area contributed by atoms with E-state index in [1.165, 1.54) is 0 Å². The van der Waals surface area contributed by atoms with Gasteiger partial charge in [-0.15, -0.1) is 0 Å². The van der Waals surface area contributed by atoms with Crippen molar-refractivity contribution < 1.29 is 19.1 Å². The minimum absolute atomic E-state index is 0.247. The Morgan fingerprint density at radius 2 is 1.38 bits per heavy atom. The summed E-state index contributed by atoms with van der Waals surface area (Å²) in [6, 6.07) is 17.8. The fourth-order valence-corrected chi connectivity index (χ4v) is 3.11. The van der Waals surface area contributed by atoms with Crippen molar-refractivity contribution in [1.82, 2.24) is 10.6 Å². The van der Waals surface area contributed by atoms with E-state index >= 15 is 0 Å². The maximum absolute atomic E-state index is 12.6. The lowest BCUT2D eigenvalue weighted by Gasteiger charge is -2.34. The molecule has 0 spiro atoms. The van der Waals surface area contributed by atoms with Crippen LogP contribution in [0.3, 0.4) is 0 Å². The number of amides is 4. The second kappa shape index (κ2) is 7.93. The van der Waals surface area contributed by atoms with Gasteiger partial charge in [-0.25, -0.2) is 4.79 Å². The second-order valence-electron chi connectivity index (χ2n) is 6.15. The zero-order chi connectivity index (χ0) is 18.4. The highest BCUT2D eigenvalue weighted by Crippen LogP contribution is 2.32. The number of carbonyl (C=O) groups is 3. The van der Waals surface area contributed by atoms with Gasteiger partial charge in [0.15, 0.2) is 5.41 Å². The molecule has 4 amide bonds. The topological polar surface area (TPSA) is 84.5 Å². The molecule has 2 aromatic carbocycles. The number of hydrogen-bond donors (Lipinski definition) is 2. The summed E-state index contributed by atoms with van der Waals surface area (Å²) in [5.74, 6) is -1.19. The van der Waals surface area contributed by atoms with Crippen molar-refractivity contribution in [2.45, 2.75) is 24.9 Å². The van der Waals surface area contributed by atoms with E-state index in [0.717, 1.165) is 5.56 Å². The van der Waals surface area contributed by atoms with E-state index in [2.05, 4.69) is 10.6 Å². The summed E-state index contributed by atoms with van der Waals surface area (Å²) in [5, 5.41) is 4.43. The van der Waals surface area contributed by atoms with Gasteiger partial charge in [0.05, 0.1) is 6.61 Å². The molecule has 1 heterocycles. The molecular weight excluding hydrogens is 332 g/mol. The highest BCUT2D eigenvalue weighted by atomic mass is 16.5. The van der Waals surface area contributed by atoms with Gasteiger partial charge in [-0.05, 0) is 24.0 Å². The quantitative estimate of drug-likeness (QED) is 0.591. The average molecular weight is 352 g/mol. The molecule has 134 valence electrons. The fourth-order valence-electron chi connectivity index (χ4n) is 3.11. The maximum Gasteiger partial charge on any atom is 0.328 e. The first kappa shape index (κ1) is 17.8. The van der Waals surface area contributed by atoms with Crippen LogP contribution in [0.5, 0.6) is 0 Å². The number of carbonyl (C=O) groups excluding carboxylic acids is 3. The first-order chi connectivity index (χ1) is 12.6.